The van der Waals surface area contributed by atoms with Gasteiger partial charge in [-0.3, -0.25) is 14.5 Å². The largest absolute Gasteiger partial charge is 0.348 e. The van der Waals surface area contributed by atoms with Gasteiger partial charge in [-0.05, 0) is 42.4 Å². The molecule has 0 unspecified atom stereocenters. The van der Waals surface area contributed by atoms with Crippen LogP contribution in [0.5, 0.6) is 0 Å². The Bertz CT molecular complexity index is 981. The van der Waals surface area contributed by atoms with Crippen LogP contribution >= 0.6 is 0 Å². The van der Waals surface area contributed by atoms with Crippen molar-refractivity contribution in [2.24, 2.45) is 0 Å². The molecule has 0 spiro atoms. The van der Waals surface area contributed by atoms with E-state index in [0.717, 1.165) is 25.2 Å². The van der Waals surface area contributed by atoms with Crippen LogP contribution in [0.1, 0.15) is 46.0 Å². The van der Waals surface area contributed by atoms with Crippen molar-refractivity contribution in [3.8, 4) is 0 Å². The number of nitrogens with one attached hydrogen (secondary N) is 3. The summed E-state index contributed by atoms with van der Waals surface area (Å²) in [6, 6.07) is 15.0. The number of carbonyl (C=O) groups excluding carboxylic acids is 2. The van der Waals surface area contributed by atoms with E-state index < -0.39 is 0 Å². The fourth-order valence-electron chi connectivity index (χ4n) is 3.17. The number of benzene rings is 2. The van der Waals surface area contributed by atoms with Crippen molar-refractivity contribution < 1.29 is 9.59 Å². The quantitative estimate of drug-likeness (QED) is 0.509. The summed E-state index contributed by atoms with van der Waals surface area (Å²) in [6.45, 7) is 7.55. The number of H-pyrrole nitrogens is 1. The number of hydrogen-bond donors (Lipinski definition) is 3. The number of imidazole rings is 1. The van der Waals surface area contributed by atoms with Crippen molar-refractivity contribution in [2.75, 3.05) is 18.4 Å². The van der Waals surface area contributed by atoms with Crippen LogP contribution in [0.4, 0.5) is 5.69 Å². The smallest absolute Gasteiger partial charge is 0.291 e. The lowest BCUT2D eigenvalue weighted by Crippen LogP contribution is -2.26. The summed E-state index contributed by atoms with van der Waals surface area (Å²) in [5, 5.41) is 5.72. The van der Waals surface area contributed by atoms with Crippen molar-refractivity contribution >= 4 is 17.5 Å². The normalized spacial score (nSPS) is 10.8. The highest BCUT2D eigenvalue weighted by Gasteiger charge is 2.12. The van der Waals surface area contributed by atoms with Crippen molar-refractivity contribution in [3.05, 3.63) is 83.4 Å². The van der Waals surface area contributed by atoms with E-state index in [4.69, 9.17) is 0 Å². The van der Waals surface area contributed by atoms with Gasteiger partial charge in [0.1, 0.15) is 0 Å². The van der Waals surface area contributed by atoms with Crippen LogP contribution < -0.4 is 10.6 Å². The van der Waals surface area contributed by atoms with Crippen LogP contribution in [-0.4, -0.2) is 39.8 Å². The Morgan fingerprint density at radius 1 is 1.00 bits per heavy atom. The molecule has 0 aliphatic heterocycles. The second kappa shape index (κ2) is 10.4. The minimum atomic E-state index is -0.358. The van der Waals surface area contributed by atoms with E-state index in [2.05, 4.69) is 45.4 Å². The van der Waals surface area contributed by atoms with Crippen LogP contribution in [0, 0.1) is 0 Å². The van der Waals surface area contributed by atoms with Gasteiger partial charge in [-0.2, -0.15) is 0 Å². The molecule has 156 valence electrons. The highest BCUT2D eigenvalue weighted by molar-refractivity contribution is 6.02. The second-order valence-corrected chi connectivity index (χ2v) is 6.89. The average molecular weight is 406 g/mol. The molecule has 3 aromatic rings. The summed E-state index contributed by atoms with van der Waals surface area (Å²) in [4.78, 5) is 33.8. The van der Waals surface area contributed by atoms with Gasteiger partial charge in [-0.15, -0.1) is 0 Å². The highest BCUT2D eigenvalue weighted by Crippen LogP contribution is 2.14. The van der Waals surface area contributed by atoms with Crippen molar-refractivity contribution in [3.63, 3.8) is 0 Å². The van der Waals surface area contributed by atoms with Gasteiger partial charge in [0, 0.05) is 36.7 Å². The van der Waals surface area contributed by atoms with Crippen LogP contribution in [0.3, 0.4) is 0 Å². The van der Waals surface area contributed by atoms with Gasteiger partial charge in [-0.25, -0.2) is 4.98 Å². The molecule has 0 bridgehead atoms. The number of nitrogens with zero attached hydrogens (tertiary/aromatic N) is 2. The maximum Gasteiger partial charge on any atom is 0.291 e. The molecule has 2 aromatic carbocycles. The molecule has 3 rings (SSSR count). The average Bonchev–Trinajstić information content (AvgIpc) is 3.32. The second-order valence-electron chi connectivity index (χ2n) is 6.89. The molecule has 0 atom stereocenters. The summed E-state index contributed by atoms with van der Waals surface area (Å²) >= 11 is 0. The molecule has 1 heterocycles. The highest BCUT2D eigenvalue weighted by atomic mass is 16.2. The topological polar surface area (TPSA) is 90.1 Å². The maximum atomic E-state index is 12.7. The monoisotopic (exact) mass is 405 g/mol. The SMILES string of the molecule is CCN(CC)Cc1ccccc1CNC(=O)c1cccc(NC(=O)c2ncc[nH]2)c1. The third-order valence-corrected chi connectivity index (χ3v) is 4.94. The van der Waals surface area contributed by atoms with E-state index in [-0.39, 0.29) is 17.6 Å². The van der Waals surface area contributed by atoms with E-state index in [9.17, 15) is 9.59 Å². The van der Waals surface area contributed by atoms with Crippen LogP contribution in [0.2, 0.25) is 0 Å². The molecule has 0 saturated carbocycles. The summed E-state index contributed by atoms with van der Waals surface area (Å²) in [5.41, 5.74) is 3.32. The molecular weight excluding hydrogens is 378 g/mol. The number of carbonyl (C=O) groups is 2. The predicted molar refractivity (Wildman–Crippen MR) is 117 cm³/mol. The third-order valence-electron chi connectivity index (χ3n) is 4.94. The lowest BCUT2D eigenvalue weighted by atomic mass is 10.1. The summed E-state index contributed by atoms with van der Waals surface area (Å²) in [7, 11) is 0. The molecule has 30 heavy (non-hydrogen) atoms. The van der Waals surface area contributed by atoms with Crippen LogP contribution in [-0.2, 0) is 13.1 Å². The molecule has 0 fully saturated rings. The number of aromatic amines is 1. The Morgan fingerprint density at radius 2 is 1.77 bits per heavy atom. The third kappa shape index (κ3) is 5.55. The van der Waals surface area contributed by atoms with Gasteiger partial charge >= 0.3 is 0 Å². The zero-order chi connectivity index (χ0) is 21.3. The lowest BCUT2D eigenvalue weighted by Gasteiger charge is -2.20. The molecule has 1 aromatic heterocycles. The molecule has 2 amide bonds. The van der Waals surface area contributed by atoms with Gasteiger partial charge in [0.25, 0.3) is 11.8 Å². The van der Waals surface area contributed by atoms with Gasteiger partial charge in [0.15, 0.2) is 5.82 Å². The van der Waals surface area contributed by atoms with E-state index >= 15 is 0 Å². The predicted octanol–water partition coefficient (Wildman–Crippen LogP) is 3.43. The number of anilines is 1. The van der Waals surface area contributed by atoms with Gasteiger partial charge < -0.3 is 15.6 Å². The van der Waals surface area contributed by atoms with Gasteiger partial charge in [0.05, 0.1) is 0 Å². The first-order valence-electron chi connectivity index (χ1n) is 10.1. The Labute approximate surface area is 176 Å². The zero-order valence-electron chi connectivity index (χ0n) is 17.3. The van der Waals surface area contributed by atoms with Crippen molar-refractivity contribution in [1.82, 2.24) is 20.2 Å². The minimum absolute atomic E-state index is 0.193. The molecule has 3 N–H and O–H groups in total. The summed E-state index contributed by atoms with van der Waals surface area (Å²) in [6.07, 6.45) is 3.09. The Morgan fingerprint density at radius 3 is 2.47 bits per heavy atom. The Balaban J connectivity index is 1.64. The first kappa shape index (κ1) is 21.3. The fourth-order valence-corrected chi connectivity index (χ4v) is 3.17. The first-order valence-corrected chi connectivity index (χ1v) is 10.1. The summed E-state index contributed by atoms with van der Waals surface area (Å²) < 4.78 is 0. The molecule has 7 nitrogen and oxygen atoms in total. The molecule has 0 saturated heterocycles. The van der Waals surface area contributed by atoms with Crippen LogP contribution in [0.25, 0.3) is 0 Å². The van der Waals surface area contributed by atoms with Gasteiger partial charge in [0.2, 0.25) is 0 Å². The van der Waals surface area contributed by atoms with Gasteiger partial charge in [-0.1, -0.05) is 44.2 Å². The Hall–Kier alpha value is -3.45. The number of hydrogen-bond acceptors (Lipinski definition) is 4. The van der Waals surface area contributed by atoms with Crippen LogP contribution in [0.15, 0.2) is 60.9 Å². The zero-order valence-corrected chi connectivity index (χ0v) is 17.3. The van der Waals surface area contributed by atoms with E-state index in [1.807, 2.05) is 18.2 Å². The van der Waals surface area contributed by atoms with Crippen molar-refractivity contribution in [1.29, 1.82) is 0 Å². The molecule has 7 heteroatoms. The Kier molecular flexibility index (Phi) is 7.34. The molecule has 0 aliphatic carbocycles. The van der Waals surface area contributed by atoms with E-state index in [1.54, 1.807) is 30.5 Å². The van der Waals surface area contributed by atoms with E-state index in [1.165, 1.54) is 11.8 Å². The summed E-state index contributed by atoms with van der Waals surface area (Å²) in [5.74, 6) is -0.334. The minimum Gasteiger partial charge on any atom is -0.348 e. The molecule has 0 radical (unpaired) electrons. The lowest BCUT2D eigenvalue weighted by molar-refractivity contribution is 0.0949. The number of rotatable bonds is 9. The molecular formula is C23H27N5O2. The number of amides is 2. The fraction of sp³-hybridized carbons (Fsp3) is 0.261. The van der Waals surface area contributed by atoms with Crippen molar-refractivity contribution in [2.45, 2.75) is 26.9 Å². The maximum absolute atomic E-state index is 12.7. The molecule has 0 aliphatic rings. The van der Waals surface area contributed by atoms with E-state index in [0.29, 0.717) is 17.8 Å². The standard InChI is InChI=1S/C23H27N5O2/c1-3-28(4-2)16-19-9-6-5-8-18(19)15-26-22(29)17-10-7-11-20(14-17)27-23(30)21-24-12-13-25-21/h5-14H,3-4,15-16H2,1-2H3,(H,24,25)(H,26,29)(H,27,30). The first-order chi connectivity index (χ1) is 14.6. The number of aromatic nitrogens is 2.